The quantitative estimate of drug-likeness (QED) is 0.877. The fourth-order valence-corrected chi connectivity index (χ4v) is 2.90. The standard InChI is InChI=1S/C16H23FN2O2/c1-11(12-5-6-14(21-2)13(17)9-12)19-15(20)10-16(18)7-3-4-8-16/h5-6,9,11H,3-4,7-8,10,18H2,1-2H3,(H,19,20). The largest absolute Gasteiger partial charge is 0.494 e. The van der Waals surface area contributed by atoms with E-state index in [4.69, 9.17) is 10.5 Å². The van der Waals surface area contributed by atoms with Crippen LogP contribution in [0.15, 0.2) is 18.2 Å². The molecule has 1 atom stereocenters. The van der Waals surface area contributed by atoms with Crippen LogP contribution < -0.4 is 15.8 Å². The van der Waals surface area contributed by atoms with Gasteiger partial charge in [0.15, 0.2) is 11.6 Å². The van der Waals surface area contributed by atoms with Gasteiger partial charge < -0.3 is 15.8 Å². The number of carbonyl (C=O) groups is 1. The molecule has 0 heterocycles. The number of methoxy groups -OCH3 is 1. The highest BCUT2D eigenvalue weighted by Crippen LogP contribution is 2.30. The van der Waals surface area contributed by atoms with Gasteiger partial charge in [0.25, 0.3) is 0 Å². The third-order valence-electron chi connectivity index (χ3n) is 4.17. The average molecular weight is 294 g/mol. The molecule has 0 spiro atoms. The summed E-state index contributed by atoms with van der Waals surface area (Å²) in [6, 6.07) is 4.44. The van der Waals surface area contributed by atoms with Crippen LogP contribution in [0.5, 0.6) is 5.75 Å². The first kappa shape index (κ1) is 15.8. The molecule has 2 rings (SSSR count). The van der Waals surface area contributed by atoms with Crippen molar-refractivity contribution in [2.45, 2.75) is 50.6 Å². The summed E-state index contributed by atoms with van der Waals surface area (Å²) in [4.78, 5) is 12.1. The van der Waals surface area contributed by atoms with Crippen molar-refractivity contribution in [3.63, 3.8) is 0 Å². The Labute approximate surface area is 124 Å². The van der Waals surface area contributed by atoms with Crippen LogP contribution in [0.4, 0.5) is 4.39 Å². The Morgan fingerprint density at radius 1 is 1.48 bits per heavy atom. The number of benzene rings is 1. The maximum Gasteiger partial charge on any atom is 0.222 e. The molecule has 4 nitrogen and oxygen atoms in total. The first-order chi connectivity index (χ1) is 9.93. The number of carbonyl (C=O) groups excluding carboxylic acids is 1. The number of nitrogens with one attached hydrogen (secondary N) is 1. The summed E-state index contributed by atoms with van der Waals surface area (Å²) >= 11 is 0. The molecule has 3 N–H and O–H groups in total. The summed E-state index contributed by atoms with van der Waals surface area (Å²) in [5.74, 6) is -0.311. The molecule has 5 heteroatoms. The van der Waals surface area contributed by atoms with Crippen LogP contribution >= 0.6 is 0 Å². The normalized spacial score (nSPS) is 18.3. The minimum Gasteiger partial charge on any atom is -0.494 e. The van der Waals surface area contributed by atoms with E-state index in [0.29, 0.717) is 12.0 Å². The topological polar surface area (TPSA) is 64.3 Å². The van der Waals surface area contributed by atoms with Crippen LogP contribution in [0.3, 0.4) is 0 Å². The van der Waals surface area contributed by atoms with E-state index in [2.05, 4.69) is 5.32 Å². The van der Waals surface area contributed by atoms with E-state index in [1.807, 2.05) is 6.92 Å². The first-order valence-electron chi connectivity index (χ1n) is 7.35. The monoisotopic (exact) mass is 294 g/mol. The number of halogens is 1. The molecule has 0 bridgehead atoms. The number of hydrogen-bond donors (Lipinski definition) is 2. The van der Waals surface area contributed by atoms with E-state index >= 15 is 0 Å². The maximum absolute atomic E-state index is 13.7. The molecule has 1 aromatic carbocycles. The van der Waals surface area contributed by atoms with Crippen LogP contribution in [0.1, 0.15) is 50.6 Å². The van der Waals surface area contributed by atoms with Crippen LogP contribution in [0.2, 0.25) is 0 Å². The molecular weight excluding hydrogens is 271 g/mol. The molecule has 1 aliphatic rings. The number of nitrogens with two attached hydrogens (primary N) is 1. The van der Waals surface area contributed by atoms with Gasteiger partial charge in [-0.15, -0.1) is 0 Å². The molecule has 1 saturated carbocycles. The molecule has 0 aliphatic heterocycles. The SMILES string of the molecule is COc1ccc(C(C)NC(=O)CC2(N)CCCC2)cc1F. The Morgan fingerprint density at radius 3 is 2.71 bits per heavy atom. The molecule has 1 amide bonds. The predicted molar refractivity (Wildman–Crippen MR) is 79.5 cm³/mol. The van der Waals surface area contributed by atoms with E-state index in [1.54, 1.807) is 12.1 Å². The third kappa shape index (κ3) is 3.94. The van der Waals surface area contributed by atoms with E-state index in [1.165, 1.54) is 13.2 Å². The zero-order valence-corrected chi connectivity index (χ0v) is 12.6. The summed E-state index contributed by atoms with van der Waals surface area (Å²) in [6.07, 6.45) is 4.29. The van der Waals surface area contributed by atoms with Crippen molar-refractivity contribution in [1.29, 1.82) is 0 Å². The maximum atomic E-state index is 13.7. The number of ether oxygens (including phenoxy) is 1. The highest BCUT2D eigenvalue weighted by molar-refractivity contribution is 5.77. The van der Waals surface area contributed by atoms with Gasteiger partial charge in [0.1, 0.15) is 0 Å². The van der Waals surface area contributed by atoms with E-state index in [9.17, 15) is 9.18 Å². The second-order valence-corrected chi connectivity index (χ2v) is 5.93. The lowest BCUT2D eigenvalue weighted by molar-refractivity contribution is -0.122. The second-order valence-electron chi connectivity index (χ2n) is 5.93. The zero-order valence-electron chi connectivity index (χ0n) is 12.6. The van der Waals surface area contributed by atoms with Crippen molar-refractivity contribution < 1.29 is 13.9 Å². The lowest BCUT2D eigenvalue weighted by atomic mass is 9.94. The van der Waals surface area contributed by atoms with Gasteiger partial charge in [0.05, 0.1) is 13.2 Å². The Kier molecular flexibility index (Phi) is 4.83. The van der Waals surface area contributed by atoms with Crippen molar-refractivity contribution in [2.24, 2.45) is 5.73 Å². The number of rotatable bonds is 5. The van der Waals surface area contributed by atoms with E-state index in [-0.39, 0.29) is 23.2 Å². The molecule has 1 unspecified atom stereocenters. The smallest absolute Gasteiger partial charge is 0.222 e. The van der Waals surface area contributed by atoms with Crippen molar-refractivity contribution in [1.82, 2.24) is 5.32 Å². The number of hydrogen-bond acceptors (Lipinski definition) is 3. The van der Waals surface area contributed by atoms with Gasteiger partial charge in [0.2, 0.25) is 5.91 Å². The first-order valence-corrected chi connectivity index (χ1v) is 7.35. The highest BCUT2D eigenvalue weighted by atomic mass is 19.1. The van der Waals surface area contributed by atoms with Crippen LogP contribution in [0, 0.1) is 5.82 Å². The molecule has 0 radical (unpaired) electrons. The molecule has 116 valence electrons. The summed E-state index contributed by atoms with van der Waals surface area (Å²) in [5.41, 5.74) is 6.54. The molecule has 1 fully saturated rings. The van der Waals surface area contributed by atoms with Crippen molar-refractivity contribution in [2.75, 3.05) is 7.11 Å². The lowest BCUT2D eigenvalue weighted by Crippen LogP contribution is -2.42. The second kappa shape index (κ2) is 6.43. The van der Waals surface area contributed by atoms with Crippen LogP contribution in [-0.4, -0.2) is 18.6 Å². The number of amides is 1. The molecule has 21 heavy (non-hydrogen) atoms. The van der Waals surface area contributed by atoms with Crippen molar-refractivity contribution in [3.8, 4) is 5.75 Å². The molecule has 1 aromatic rings. The Bertz CT molecular complexity index is 513. The minimum absolute atomic E-state index is 0.0804. The third-order valence-corrected chi connectivity index (χ3v) is 4.17. The summed E-state index contributed by atoms with van der Waals surface area (Å²) < 4.78 is 18.6. The van der Waals surface area contributed by atoms with Gasteiger partial charge in [-0.25, -0.2) is 4.39 Å². The Morgan fingerprint density at radius 2 is 2.14 bits per heavy atom. The zero-order chi connectivity index (χ0) is 15.5. The van der Waals surface area contributed by atoms with Crippen molar-refractivity contribution >= 4 is 5.91 Å². The van der Waals surface area contributed by atoms with E-state index in [0.717, 1.165) is 25.7 Å². The predicted octanol–water partition coefficient (Wildman–Crippen LogP) is 2.67. The molecule has 1 aliphatic carbocycles. The molecule has 0 aromatic heterocycles. The Hall–Kier alpha value is -1.62. The summed E-state index contributed by atoms with van der Waals surface area (Å²) in [5, 5.41) is 2.89. The molecular formula is C16H23FN2O2. The fraction of sp³-hybridized carbons (Fsp3) is 0.562. The van der Waals surface area contributed by atoms with Crippen LogP contribution in [-0.2, 0) is 4.79 Å². The van der Waals surface area contributed by atoms with Gasteiger partial charge in [-0.3, -0.25) is 4.79 Å². The minimum atomic E-state index is -0.429. The Balaban J connectivity index is 1.95. The highest BCUT2D eigenvalue weighted by Gasteiger charge is 2.32. The molecule has 0 saturated heterocycles. The lowest BCUT2D eigenvalue weighted by Gasteiger charge is -2.24. The summed E-state index contributed by atoms with van der Waals surface area (Å²) in [7, 11) is 1.42. The summed E-state index contributed by atoms with van der Waals surface area (Å²) in [6.45, 7) is 1.83. The fourth-order valence-electron chi connectivity index (χ4n) is 2.90. The van der Waals surface area contributed by atoms with Crippen LogP contribution in [0.25, 0.3) is 0 Å². The van der Waals surface area contributed by atoms with Gasteiger partial charge in [-0.2, -0.15) is 0 Å². The van der Waals surface area contributed by atoms with Gasteiger partial charge in [-0.1, -0.05) is 18.9 Å². The van der Waals surface area contributed by atoms with Gasteiger partial charge in [-0.05, 0) is 37.5 Å². The van der Waals surface area contributed by atoms with Crippen molar-refractivity contribution in [3.05, 3.63) is 29.6 Å². The van der Waals surface area contributed by atoms with Gasteiger partial charge in [0, 0.05) is 12.0 Å². The van der Waals surface area contributed by atoms with Gasteiger partial charge >= 0.3 is 0 Å². The van der Waals surface area contributed by atoms with E-state index < -0.39 is 5.82 Å². The average Bonchev–Trinajstić information content (AvgIpc) is 2.84.